The summed E-state index contributed by atoms with van der Waals surface area (Å²) in [7, 11) is 1.25. The van der Waals surface area contributed by atoms with E-state index in [0.717, 1.165) is 15.9 Å². The van der Waals surface area contributed by atoms with Crippen LogP contribution in [0, 0.1) is 5.82 Å². The first-order valence-electron chi connectivity index (χ1n) is 8.36. The summed E-state index contributed by atoms with van der Waals surface area (Å²) in [6.07, 6.45) is -2.57. The van der Waals surface area contributed by atoms with Crippen LogP contribution >= 0.6 is 0 Å². The number of ether oxygens (including phenoxy) is 1. The van der Waals surface area contributed by atoms with Crippen LogP contribution < -0.4 is 15.1 Å². The molecule has 3 aliphatic heterocycles. The molecule has 0 unspecified atom stereocenters. The average Bonchev–Trinajstić information content (AvgIpc) is 3.07. The third-order valence-corrected chi connectivity index (χ3v) is 5.22. The van der Waals surface area contributed by atoms with E-state index in [0.29, 0.717) is 0 Å². The van der Waals surface area contributed by atoms with Gasteiger partial charge < -0.3 is 15.0 Å². The summed E-state index contributed by atoms with van der Waals surface area (Å²) in [6, 6.07) is 0.352. The first-order chi connectivity index (χ1) is 12.6. The van der Waals surface area contributed by atoms with Gasteiger partial charge in [0.25, 0.3) is 5.92 Å². The van der Waals surface area contributed by atoms with Crippen LogP contribution in [0.5, 0.6) is 0 Å². The third-order valence-electron chi connectivity index (χ3n) is 5.22. The molecule has 0 saturated carbocycles. The number of nitrogens with zero attached hydrogens (tertiary/aromatic N) is 2. The molecule has 1 N–H and O–H groups in total. The van der Waals surface area contributed by atoms with Gasteiger partial charge in [-0.2, -0.15) is 0 Å². The number of rotatable bonds is 2. The molecule has 0 aliphatic carbocycles. The van der Waals surface area contributed by atoms with Crippen molar-refractivity contribution in [2.75, 3.05) is 23.4 Å². The van der Waals surface area contributed by atoms with Gasteiger partial charge in [-0.1, -0.05) is 0 Å². The molecule has 2 atom stereocenters. The van der Waals surface area contributed by atoms with Crippen molar-refractivity contribution in [1.82, 2.24) is 5.32 Å². The fourth-order valence-electron chi connectivity index (χ4n) is 4.03. The number of cyclic esters (lactones) is 1. The van der Waals surface area contributed by atoms with Crippen molar-refractivity contribution in [3.8, 4) is 0 Å². The Balaban J connectivity index is 1.81. The summed E-state index contributed by atoms with van der Waals surface area (Å²) in [5.74, 6) is -5.75. The fraction of sp³-hybridized carbons (Fsp3) is 0.471. The zero-order valence-electron chi connectivity index (χ0n) is 14.5. The van der Waals surface area contributed by atoms with Crippen molar-refractivity contribution in [1.29, 1.82) is 0 Å². The molecular weight excluding hydrogens is 367 g/mol. The number of carbonyl (C=O) groups excluding carboxylic acids is 3. The fourth-order valence-corrected chi connectivity index (χ4v) is 4.03. The van der Waals surface area contributed by atoms with Crippen molar-refractivity contribution >= 4 is 29.3 Å². The molecule has 144 valence electrons. The SMILES string of the molecule is CC(=O)NC[C@@H]1OC(=O)N2c3cc(F)c4c(c3C[C@@H]12)C(F)(F)CC(=O)N4C. The van der Waals surface area contributed by atoms with Gasteiger partial charge in [0.1, 0.15) is 11.9 Å². The van der Waals surface area contributed by atoms with E-state index in [1.807, 2.05) is 0 Å². The Morgan fingerprint density at radius 1 is 1.41 bits per heavy atom. The molecule has 1 aromatic rings. The zero-order chi connectivity index (χ0) is 19.7. The van der Waals surface area contributed by atoms with Crippen LogP contribution in [0.1, 0.15) is 24.5 Å². The van der Waals surface area contributed by atoms with Crippen LogP contribution in [0.2, 0.25) is 0 Å². The van der Waals surface area contributed by atoms with E-state index in [9.17, 15) is 27.6 Å². The third kappa shape index (κ3) is 2.46. The van der Waals surface area contributed by atoms with E-state index in [4.69, 9.17) is 4.74 Å². The van der Waals surface area contributed by atoms with Gasteiger partial charge >= 0.3 is 6.09 Å². The van der Waals surface area contributed by atoms with Crippen molar-refractivity contribution in [3.63, 3.8) is 0 Å². The molecule has 0 bridgehead atoms. The van der Waals surface area contributed by atoms with E-state index in [1.54, 1.807) is 0 Å². The molecule has 1 fully saturated rings. The van der Waals surface area contributed by atoms with Crippen molar-refractivity contribution in [2.24, 2.45) is 0 Å². The molecule has 1 saturated heterocycles. The number of benzene rings is 1. The monoisotopic (exact) mass is 383 g/mol. The number of carbonyl (C=O) groups is 3. The Kier molecular flexibility index (Phi) is 3.66. The lowest BCUT2D eigenvalue weighted by Gasteiger charge is -2.33. The first-order valence-corrected chi connectivity index (χ1v) is 8.36. The second-order valence-corrected chi connectivity index (χ2v) is 6.91. The molecule has 0 radical (unpaired) electrons. The minimum atomic E-state index is -3.54. The standard InChI is InChI=1S/C17H16F3N3O4/c1-7(24)21-6-12-11-3-8-10(23(11)16(26)27-12)4-9(18)15-14(8)17(19,20)5-13(25)22(15)2/h4,11-12H,3,5-6H2,1-2H3,(H,21,24)/t11-,12-/m0/s1. The highest BCUT2D eigenvalue weighted by Crippen LogP contribution is 2.52. The summed E-state index contributed by atoms with van der Waals surface area (Å²) in [5.41, 5.74) is -0.859. The van der Waals surface area contributed by atoms with Gasteiger partial charge in [0, 0.05) is 20.0 Å². The first kappa shape index (κ1) is 17.6. The summed E-state index contributed by atoms with van der Waals surface area (Å²) < 4.78 is 49.2. The van der Waals surface area contributed by atoms with Gasteiger partial charge in [-0.25, -0.2) is 18.0 Å². The van der Waals surface area contributed by atoms with Crippen molar-refractivity contribution < 1.29 is 32.3 Å². The average molecular weight is 383 g/mol. The Morgan fingerprint density at radius 3 is 2.78 bits per heavy atom. The van der Waals surface area contributed by atoms with Crippen LogP contribution in [0.4, 0.5) is 29.3 Å². The Hall–Kier alpha value is -2.78. The quantitative estimate of drug-likeness (QED) is 0.843. The number of amides is 3. The zero-order valence-corrected chi connectivity index (χ0v) is 14.5. The van der Waals surface area contributed by atoms with Crippen LogP contribution in [-0.2, 0) is 26.7 Å². The minimum Gasteiger partial charge on any atom is -0.442 e. The summed E-state index contributed by atoms with van der Waals surface area (Å²) in [5, 5.41) is 2.53. The van der Waals surface area contributed by atoms with E-state index in [-0.39, 0.29) is 30.1 Å². The van der Waals surface area contributed by atoms with Crippen molar-refractivity contribution in [2.45, 2.75) is 37.8 Å². The summed E-state index contributed by atoms with van der Waals surface area (Å²) in [4.78, 5) is 37.2. The smallest absolute Gasteiger partial charge is 0.415 e. The highest BCUT2D eigenvalue weighted by Gasteiger charge is 2.54. The maximum absolute atomic E-state index is 14.7. The Morgan fingerprint density at radius 2 is 2.11 bits per heavy atom. The lowest BCUT2D eigenvalue weighted by Crippen LogP contribution is -2.40. The summed E-state index contributed by atoms with van der Waals surface area (Å²) >= 11 is 0. The second kappa shape index (κ2) is 5.61. The van der Waals surface area contributed by atoms with Gasteiger partial charge in [-0.15, -0.1) is 0 Å². The number of alkyl halides is 2. The van der Waals surface area contributed by atoms with E-state index >= 15 is 0 Å². The maximum atomic E-state index is 14.7. The lowest BCUT2D eigenvalue weighted by molar-refractivity contribution is -0.127. The number of hydrogen-bond donors (Lipinski definition) is 1. The molecule has 3 heterocycles. The van der Waals surface area contributed by atoms with E-state index in [2.05, 4.69) is 5.32 Å². The van der Waals surface area contributed by atoms with Crippen LogP contribution in [0.15, 0.2) is 6.07 Å². The molecule has 3 amide bonds. The molecule has 10 heteroatoms. The van der Waals surface area contributed by atoms with Crippen LogP contribution in [0.3, 0.4) is 0 Å². The van der Waals surface area contributed by atoms with E-state index < -0.39 is 53.6 Å². The Bertz CT molecular complexity index is 889. The number of halogens is 3. The summed E-state index contributed by atoms with van der Waals surface area (Å²) in [6.45, 7) is 1.33. The van der Waals surface area contributed by atoms with Gasteiger partial charge in [0.05, 0.1) is 35.9 Å². The maximum Gasteiger partial charge on any atom is 0.415 e. The highest BCUT2D eigenvalue weighted by molar-refractivity contribution is 6.00. The lowest BCUT2D eigenvalue weighted by atomic mass is 9.89. The molecule has 3 aliphatic rings. The second-order valence-electron chi connectivity index (χ2n) is 6.91. The molecule has 0 spiro atoms. The van der Waals surface area contributed by atoms with Crippen LogP contribution in [-0.4, -0.2) is 43.6 Å². The molecule has 4 rings (SSSR count). The highest BCUT2D eigenvalue weighted by atomic mass is 19.3. The van der Waals surface area contributed by atoms with Crippen molar-refractivity contribution in [3.05, 3.63) is 23.0 Å². The topological polar surface area (TPSA) is 79.0 Å². The van der Waals surface area contributed by atoms with Gasteiger partial charge in [-0.3, -0.25) is 14.5 Å². The van der Waals surface area contributed by atoms with Gasteiger partial charge in [0.2, 0.25) is 11.8 Å². The molecule has 27 heavy (non-hydrogen) atoms. The predicted octanol–water partition coefficient (Wildman–Crippen LogP) is 1.67. The number of hydrogen-bond acceptors (Lipinski definition) is 4. The minimum absolute atomic E-state index is 0.0194. The van der Waals surface area contributed by atoms with Crippen LogP contribution in [0.25, 0.3) is 0 Å². The normalized spacial score (nSPS) is 25.1. The van der Waals surface area contributed by atoms with E-state index in [1.165, 1.54) is 14.0 Å². The molecule has 0 aromatic heterocycles. The molecule has 7 nitrogen and oxygen atoms in total. The van der Waals surface area contributed by atoms with Gasteiger partial charge in [-0.05, 0) is 12.0 Å². The number of anilines is 2. The number of fused-ring (bicyclic) bond motifs is 5. The molecule has 1 aromatic carbocycles. The molecular formula is C17H16F3N3O4. The number of nitrogens with one attached hydrogen (secondary N) is 1. The predicted molar refractivity (Wildman–Crippen MR) is 87.2 cm³/mol. The largest absolute Gasteiger partial charge is 0.442 e. The Labute approximate surface area is 152 Å². The van der Waals surface area contributed by atoms with Gasteiger partial charge in [0.15, 0.2) is 0 Å².